The Kier molecular flexibility index (Phi) is 9.93. The van der Waals surface area contributed by atoms with E-state index in [-0.39, 0.29) is 30.0 Å². The van der Waals surface area contributed by atoms with Gasteiger partial charge in [-0.3, -0.25) is 9.89 Å². The van der Waals surface area contributed by atoms with Crippen molar-refractivity contribution in [2.75, 3.05) is 54.1 Å². The Morgan fingerprint density at radius 2 is 1.97 bits per heavy atom. The number of aliphatic imine (C=N–C) groups is 1. The van der Waals surface area contributed by atoms with Gasteiger partial charge in [-0.05, 0) is 25.1 Å². The van der Waals surface area contributed by atoms with Crippen LogP contribution in [-0.4, -0.2) is 69.8 Å². The second-order valence-electron chi connectivity index (χ2n) is 7.21. The number of rotatable bonds is 7. The average molecular weight is 528 g/mol. The number of nitrogens with one attached hydrogen (secondary N) is 1. The standard InChI is InChI=1S/C22H32N4O3.HI/c1-17-9-10-21(29-17)19(26-11-13-28-14-12-26)15-24-22(23-2)25(3)16-18-7-5-6-8-20(18)27-4;/h5-10,19H,11-16H2,1-4H3,(H,23,24);1H. The third kappa shape index (κ3) is 6.36. The van der Waals surface area contributed by atoms with Crippen LogP contribution in [0.2, 0.25) is 0 Å². The zero-order valence-electron chi connectivity index (χ0n) is 18.3. The molecule has 1 aliphatic heterocycles. The monoisotopic (exact) mass is 528 g/mol. The number of furan rings is 1. The van der Waals surface area contributed by atoms with Gasteiger partial charge in [0.1, 0.15) is 17.3 Å². The smallest absolute Gasteiger partial charge is 0.193 e. The first-order valence-corrected chi connectivity index (χ1v) is 10.0. The van der Waals surface area contributed by atoms with Crippen LogP contribution < -0.4 is 10.1 Å². The minimum absolute atomic E-state index is 0. The van der Waals surface area contributed by atoms with Gasteiger partial charge < -0.3 is 24.1 Å². The Morgan fingerprint density at radius 3 is 2.60 bits per heavy atom. The summed E-state index contributed by atoms with van der Waals surface area (Å²) in [5, 5.41) is 3.52. The number of hydrogen-bond acceptors (Lipinski definition) is 5. The quantitative estimate of drug-likeness (QED) is 0.338. The fourth-order valence-electron chi connectivity index (χ4n) is 3.67. The van der Waals surface area contributed by atoms with Crippen LogP contribution in [0.25, 0.3) is 0 Å². The maximum Gasteiger partial charge on any atom is 0.193 e. The highest BCUT2D eigenvalue weighted by Crippen LogP contribution is 2.24. The summed E-state index contributed by atoms with van der Waals surface area (Å²) in [5.74, 6) is 3.61. The maximum atomic E-state index is 5.96. The number of benzene rings is 1. The molecule has 1 unspecified atom stereocenters. The second-order valence-corrected chi connectivity index (χ2v) is 7.21. The molecule has 0 aliphatic carbocycles. The van der Waals surface area contributed by atoms with Gasteiger partial charge in [0.05, 0.1) is 26.4 Å². The first kappa shape index (κ1) is 24.5. The molecule has 0 bridgehead atoms. The molecule has 2 heterocycles. The number of ether oxygens (including phenoxy) is 2. The molecule has 3 rings (SSSR count). The fraction of sp³-hybridized carbons (Fsp3) is 0.500. The van der Waals surface area contributed by atoms with Crippen molar-refractivity contribution in [3.05, 3.63) is 53.5 Å². The van der Waals surface area contributed by atoms with Crippen LogP contribution in [0.5, 0.6) is 5.75 Å². The van der Waals surface area contributed by atoms with E-state index in [2.05, 4.69) is 32.2 Å². The molecule has 1 fully saturated rings. The number of para-hydroxylation sites is 1. The highest BCUT2D eigenvalue weighted by molar-refractivity contribution is 14.0. The summed E-state index contributed by atoms with van der Waals surface area (Å²) in [5.41, 5.74) is 1.12. The van der Waals surface area contributed by atoms with E-state index in [1.807, 2.05) is 45.3 Å². The van der Waals surface area contributed by atoms with Crippen LogP contribution in [0.4, 0.5) is 0 Å². The van der Waals surface area contributed by atoms with Gasteiger partial charge in [-0.25, -0.2) is 0 Å². The van der Waals surface area contributed by atoms with E-state index in [1.54, 1.807) is 7.11 Å². The molecule has 8 heteroatoms. The van der Waals surface area contributed by atoms with Crippen molar-refractivity contribution < 1.29 is 13.9 Å². The number of aryl methyl sites for hydroxylation is 1. The molecule has 0 spiro atoms. The Bertz CT molecular complexity index is 805. The number of hydrogen-bond donors (Lipinski definition) is 1. The van der Waals surface area contributed by atoms with Gasteiger partial charge in [0.15, 0.2) is 5.96 Å². The molecule has 0 amide bonds. The number of morpholine rings is 1. The van der Waals surface area contributed by atoms with E-state index in [0.717, 1.165) is 55.1 Å². The normalized spacial score (nSPS) is 15.9. The molecule has 1 saturated heterocycles. The largest absolute Gasteiger partial charge is 0.496 e. The van der Waals surface area contributed by atoms with E-state index in [4.69, 9.17) is 13.9 Å². The van der Waals surface area contributed by atoms with Crippen LogP contribution in [0, 0.1) is 6.92 Å². The summed E-state index contributed by atoms with van der Waals surface area (Å²) < 4.78 is 17.0. The predicted octanol–water partition coefficient (Wildman–Crippen LogP) is 3.30. The fourth-order valence-corrected chi connectivity index (χ4v) is 3.67. The molecule has 2 aromatic rings. The van der Waals surface area contributed by atoms with Crippen molar-refractivity contribution in [3.8, 4) is 5.75 Å². The van der Waals surface area contributed by atoms with Crippen LogP contribution in [0.1, 0.15) is 23.1 Å². The van der Waals surface area contributed by atoms with Crippen LogP contribution in [-0.2, 0) is 11.3 Å². The molecule has 1 atom stereocenters. The zero-order valence-corrected chi connectivity index (χ0v) is 20.6. The topological polar surface area (TPSA) is 62.5 Å². The van der Waals surface area contributed by atoms with E-state index < -0.39 is 0 Å². The number of guanidine groups is 1. The highest BCUT2D eigenvalue weighted by atomic mass is 127. The molecule has 1 aliphatic rings. The van der Waals surface area contributed by atoms with Crippen molar-refractivity contribution in [1.82, 2.24) is 15.1 Å². The first-order valence-electron chi connectivity index (χ1n) is 10.0. The van der Waals surface area contributed by atoms with E-state index in [1.165, 1.54) is 0 Å². The molecule has 0 saturated carbocycles. The SMILES string of the molecule is CN=C(NCC(c1ccc(C)o1)N1CCOCC1)N(C)Cc1ccccc1OC.I. The predicted molar refractivity (Wildman–Crippen MR) is 130 cm³/mol. The van der Waals surface area contributed by atoms with Gasteiger partial charge in [-0.1, -0.05) is 18.2 Å². The summed E-state index contributed by atoms with van der Waals surface area (Å²) >= 11 is 0. The van der Waals surface area contributed by atoms with Gasteiger partial charge in [0.2, 0.25) is 0 Å². The summed E-state index contributed by atoms with van der Waals surface area (Å²) in [6.07, 6.45) is 0. The third-order valence-electron chi connectivity index (χ3n) is 5.20. The molecule has 1 aromatic carbocycles. The van der Waals surface area contributed by atoms with Crippen molar-refractivity contribution in [2.45, 2.75) is 19.5 Å². The van der Waals surface area contributed by atoms with Crippen LogP contribution in [0.15, 0.2) is 45.8 Å². The minimum atomic E-state index is 0. The third-order valence-corrected chi connectivity index (χ3v) is 5.20. The molecular formula is C22H33IN4O3. The minimum Gasteiger partial charge on any atom is -0.496 e. The Labute approximate surface area is 196 Å². The Hall–Kier alpha value is -1.78. The van der Waals surface area contributed by atoms with Crippen LogP contribution in [0.3, 0.4) is 0 Å². The number of methoxy groups -OCH3 is 1. The summed E-state index contributed by atoms with van der Waals surface area (Å²) in [7, 11) is 5.54. The van der Waals surface area contributed by atoms with Crippen molar-refractivity contribution in [2.24, 2.45) is 4.99 Å². The summed E-state index contributed by atoms with van der Waals surface area (Å²) in [6, 6.07) is 12.3. The second kappa shape index (κ2) is 12.2. The molecular weight excluding hydrogens is 495 g/mol. The van der Waals surface area contributed by atoms with E-state index in [0.29, 0.717) is 13.1 Å². The van der Waals surface area contributed by atoms with Crippen molar-refractivity contribution in [1.29, 1.82) is 0 Å². The van der Waals surface area contributed by atoms with Gasteiger partial charge in [0.25, 0.3) is 0 Å². The lowest BCUT2D eigenvalue weighted by molar-refractivity contribution is 0.0123. The Morgan fingerprint density at radius 1 is 1.23 bits per heavy atom. The lowest BCUT2D eigenvalue weighted by atomic mass is 10.1. The van der Waals surface area contributed by atoms with E-state index >= 15 is 0 Å². The molecule has 0 radical (unpaired) electrons. The molecule has 30 heavy (non-hydrogen) atoms. The molecule has 7 nitrogen and oxygen atoms in total. The number of halogens is 1. The van der Waals surface area contributed by atoms with Gasteiger partial charge in [-0.2, -0.15) is 0 Å². The molecule has 1 N–H and O–H groups in total. The van der Waals surface area contributed by atoms with Crippen molar-refractivity contribution in [3.63, 3.8) is 0 Å². The number of nitrogens with zero attached hydrogens (tertiary/aromatic N) is 3. The van der Waals surface area contributed by atoms with Gasteiger partial charge >= 0.3 is 0 Å². The van der Waals surface area contributed by atoms with Gasteiger partial charge in [0, 0.05) is 45.8 Å². The summed E-state index contributed by atoms with van der Waals surface area (Å²) in [4.78, 5) is 8.98. The van der Waals surface area contributed by atoms with E-state index in [9.17, 15) is 0 Å². The molecule has 166 valence electrons. The maximum absolute atomic E-state index is 5.96. The zero-order chi connectivity index (χ0) is 20.6. The van der Waals surface area contributed by atoms with Gasteiger partial charge in [-0.15, -0.1) is 24.0 Å². The van der Waals surface area contributed by atoms with Crippen molar-refractivity contribution >= 4 is 29.9 Å². The average Bonchev–Trinajstić information content (AvgIpc) is 3.18. The Balaban J connectivity index is 0.00000320. The van der Waals surface area contributed by atoms with Crippen LogP contribution >= 0.6 is 24.0 Å². The lowest BCUT2D eigenvalue weighted by Crippen LogP contribution is -2.46. The first-order chi connectivity index (χ1) is 14.1. The summed E-state index contributed by atoms with van der Waals surface area (Å²) in [6.45, 7) is 6.66. The highest BCUT2D eigenvalue weighted by Gasteiger charge is 2.25. The lowest BCUT2D eigenvalue weighted by Gasteiger charge is -2.34. The molecule has 1 aromatic heterocycles.